The molecule has 1 heterocycles. The first kappa shape index (κ1) is 69.1. The van der Waals surface area contributed by atoms with E-state index in [1.54, 1.807) is 33.8 Å². The fourth-order valence-corrected chi connectivity index (χ4v) is 8.98. The molecule has 16 N–H and O–H groups in total. The van der Waals surface area contributed by atoms with Gasteiger partial charge < -0.3 is 74.4 Å². The lowest BCUT2D eigenvalue weighted by molar-refractivity contribution is -0.140. The Bertz CT molecular complexity index is 2600. The van der Waals surface area contributed by atoms with Gasteiger partial charge in [0, 0.05) is 110 Å². The molecule has 1 aliphatic rings. The molecule has 85 heavy (non-hydrogen) atoms. The maximum atomic E-state index is 14.4. The Morgan fingerprint density at radius 1 is 0.529 bits per heavy atom. The Morgan fingerprint density at radius 3 is 1.60 bits per heavy atom. The zero-order valence-electron chi connectivity index (χ0n) is 48.3. The zero-order chi connectivity index (χ0) is 61.9. The lowest BCUT2D eigenvalue weighted by Crippen LogP contribution is -2.49. The predicted molar refractivity (Wildman–Crippen MR) is 317 cm³/mol. The van der Waals surface area contributed by atoms with E-state index in [1.165, 1.54) is 12.1 Å². The Morgan fingerprint density at radius 2 is 1.04 bits per heavy atom. The SMILES string of the molecule is CCC(=O)NCCNC(=O)/N=C(/N)NCCC[C@@H](NC(=O)C(c1ccccc1)c1ccc(NCCCNC(=O)[C@H](N)CCCNC(=O)CN2CCN(CC(=O)O)CCN(CC(=O)O)CCN(CC(=O)O)CC2)cc1)C(=O)NCc1ccc(O)cc1. The Labute approximate surface area is 494 Å². The molecule has 3 aromatic rings. The molecule has 4 rings (SSSR count). The number of anilines is 1. The Kier molecular flexibility index (Phi) is 31.2. The van der Waals surface area contributed by atoms with Crippen LogP contribution in [-0.4, -0.2) is 229 Å². The summed E-state index contributed by atoms with van der Waals surface area (Å²) in [5.41, 5.74) is 15.0. The van der Waals surface area contributed by atoms with Crippen molar-refractivity contribution in [3.05, 3.63) is 95.6 Å². The van der Waals surface area contributed by atoms with Gasteiger partial charge in [-0.25, -0.2) is 4.79 Å². The smallest absolute Gasteiger partial charge is 0.344 e. The number of phenolic OH excluding ortho intramolecular Hbond substituents is 1. The van der Waals surface area contributed by atoms with Crippen LogP contribution in [0.4, 0.5) is 10.5 Å². The van der Waals surface area contributed by atoms with Crippen molar-refractivity contribution in [3.8, 4) is 5.75 Å². The molecule has 0 radical (unpaired) electrons. The third kappa shape index (κ3) is 28.6. The molecular formula is C57H85N15O13. The average molecular weight is 1190 g/mol. The molecule has 1 unspecified atom stereocenters. The van der Waals surface area contributed by atoms with Crippen molar-refractivity contribution >= 4 is 65.1 Å². The molecule has 0 bridgehead atoms. The van der Waals surface area contributed by atoms with E-state index in [-0.39, 0.29) is 134 Å². The Balaban J connectivity index is 1.25. The number of hydrogen-bond acceptors (Lipinski definition) is 16. The molecule has 3 atom stereocenters. The first-order chi connectivity index (χ1) is 40.8. The number of carboxylic acid groups (broad SMARTS) is 3. The van der Waals surface area contributed by atoms with Crippen LogP contribution < -0.4 is 54.0 Å². The number of carbonyl (C=O) groups is 9. The lowest BCUT2D eigenvalue weighted by atomic mass is 9.90. The maximum Gasteiger partial charge on any atom is 0.344 e. The molecule has 28 heteroatoms. The topological polar surface area (TPSA) is 408 Å². The Hall–Kier alpha value is -8.44. The fraction of sp³-hybridized carbons (Fsp3) is 0.509. The minimum absolute atomic E-state index is 0.0395. The number of nitrogens with one attached hydrogen (secondary N) is 8. The molecule has 3 aromatic carbocycles. The number of phenols is 1. The van der Waals surface area contributed by atoms with Gasteiger partial charge in [-0.1, -0.05) is 61.5 Å². The second kappa shape index (κ2) is 38.4. The van der Waals surface area contributed by atoms with E-state index in [0.29, 0.717) is 69.4 Å². The number of carbonyl (C=O) groups excluding carboxylic acids is 6. The van der Waals surface area contributed by atoms with Crippen molar-refractivity contribution in [2.75, 3.05) is 123 Å². The third-order valence-electron chi connectivity index (χ3n) is 13.6. The lowest BCUT2D eigenvalue weighted by Gasteiger charge is -2.32. The van der Waals surface area contributed by atoms with E-state index in [1.807, 2.05) is 59.5 Å². The number of aromatic hydroxyl groups is 1. The van der Waals surface area contributed by atoms with E-state index >= 15 is 0 Å². The van der Waals surface area contributed by atoms with Crippen LogP contribution in [0.2, 0.25) is 0 Å². The van der Waals surface area contributed by atoms with Crippen LogP contribution in [0.1, 0.15) is 68.1 Å². The highest BCUT2D eigenvalue weighted by atomic mass is 16.4. The van der Waals surface area contributed by atoms with Gasteiger partial charge in [0.05, 0.1) is 38.1 Å². The number of rotatable bonds is 33. The summed E-state index contributed by atoms with van der Waals surface area (Å²) in [6.07, 6.45) is 2.08. The van der Waals surface area contributed by atoms with Crippen LogP contribution in [-0.2, 0) is 44.9 Å². The number of amides is 7. The van der Waals surface area contributed by atoms with Gasteiger partial charge in [0.1, 0.15) is 11.8 Å². The van der Waals surface area contributed by atoms with E-state index < -0.39 is 53.8 Å². The molecule has 1 saturated heterocycles. The molecule has 0 aliphatic carbocycles. The molecule has 0 aromatic heterocycles. The largest absolute Gasteiger partial charge is 0.508 e. The van der Waals surface area contributed by atoms with E-state index in [2.05, 4.69) is 47.5 Å². The summed E-state index contributed by atoms with van der Waals surface area (Å²) in [5.74, 6) is -5.71. The van der Waals surface area contributed by atoms with Crippen molar-refractivity contribution in [2.24, 2.45) is 16.5 Å². The maximum absolute atomic E-state index is 14.4. The van der Waals surface area contributed by atoms with Gasteiger partial charge in [0.2, 0.25) is 29.5 Å². The number of urea groups is 1. The summed E-state index contributed by atoms with van der Waals surface area (Å²) in [6.45, 7) is 4.81. The fourth-order valence-electron chi connectivity index (χ4n) is 8.98. The van der Waals surface area contributed by atoms with Crippen molar-refractivity contribution in [1.29, 1.82) is 0 Å². The molecule has 28 nitrogen and oxygen atoms in total. The van der Waals surface area contributed by atoms with E-state index in [9.17, 15) is 63.6 Å². The average Bonchev–Trinajstić information content (AvgIpc) is 3.61. The first-order valence-electron chi connectivity index (χ1n) is 28.5. The summed E-state index contributed by atoms with van der Waals surface area (Å²) in [7, 11) is 0. The summed E-state index contributed by atoms with van der Waals surface area (Å²) in [6, 6.07) is 20.3. The highest BCUT2D eigenvalue weighted by molar-refractivity contribution is 5.93. The molecule has 0 spiro atoms. The monoisotopic (exact) mass is 1190 g/mol. The van der Waals surface area contributed by atoms with Gasteiger partial charge in [-0.2, -0.15) is 4.99 Å². The summed E-state index contributed by atoms with van der Waals surface area (Å²) in [4.78, 5) is 123. The quantitative estimate of drug-likeness (QED) is 0.0195. The van der Waals surface area contributed by atoms with Gasteiger partial charge in [-0.15, -0.1) is 0 Å². The van der Waals surface area contributed by atoms with Crippen molar-refractivity contribution < 1.29 is 63.6 Å². The molecule has 1 aliphatic heterocycles. The van der Waals surface area contributed by atoms with Crippen LogP contribution in [0.5, 0.6) is 5.75 Å². The first-order valence-corrected chi connectivity index (χ1v) is 28.5. The number of benzene rings is 3. The zero-order valence-corrected chi connectivity index (χ0v) is 48.3. The highest BCUT2D eigenvalue weighted by Gasteiger charge is 2.29. The number of nitrogens with two attached hydrogens (primary N) is 2. The van der Waals surface area contributed by atoms with Crippen molar-refractivity contribution in [1.82, 2.24) is 56.8 Å². The standard InChI is InChI=1S/C57H85N15O13/c1-2-47(74)62-25-26-65-57(85)68-56(59)64-22-7-12-46(54(83)66-35-40-13-19-44(73)20-14-40)67-55(84)52(41-9-4-3-5-10-41)42-15-17-43(18-16-42)60-23-8-24-63-53(82)45(58)11-6-21-61-48(75)36-69-27-29-70(37-49(76)77)31-33-72(39-51(80)81)34-32-71(30-28-69)38-50(78)79/h3-5,9-10,13-20,45-46,52,60,73H,2,6-8,11-12,21-39,58H2,1H3,(H,61,75)(H,62,74)(H,63,82)(H,66,83)(H,67,84)(H,76,77)(H,78,79)(H,80,81)(H4,59,64,65,68,85)/t45-,46-,52?/m1/s1. The number of aliphatic carboxylic acids is 3. The molecular weight excluding hydrogens is 1100 g/mol. The van der Waals surface area contributed by atoms with Gasteiger partial charge in [-0.05, 0) is 73.1 Å². The van der Waals surface area contributed by atoms with E-state index in [0.717, 1.165) is 11.3 Å². The van der Waals surface area contributed by atoms with Gasteiger partial charge in [0.25, 0.3) is 0 Å². The van der Waals surface area contributed by atoms with E-state index in [4.69, 9.17) is 11.5 Å². The highest BCUT2D eigenvalue weighted by Crippen LogP contribution is 2.27. The van der Waals surface area contributed by atoms with Crippen molar-refractivity contribution in [2.45, 2.75) is 70.0 Å². The van der Waals surface area contributed by atoms with Gasteiger partial charge in [0.15, 0.2) is 5.96 Å². The predicted octanol–water partition coefficient (Wildman–Crippen LogP) is -1.14. The van der Waals surface area contributed by atoms with Crippen LogP contribution >= 0.6 is 0 Å². The number of hydrogen-bond donors (Lipinski definition) is 14. The minimum atomic E-state index is -1.05. The second-order valence-electron chi connectivity index (χ2n) is 20.4. The van der Waals surface area contributed by atoms with Gasteiger partial charge >= 0.3 is 23.9 Å². The number of carboxylic acids is 3. The molecule has 466 valence electrons. The van der Waals surface area contributed by atoms with Crippen LogP contribution in [0.15, 0.2) is 83.9 Å². The summed E-state index contributed by atoms with van der Waals surface area (Å²) in [5, 5.41) is 61.0. The van der Waals surface area contributed by atoms with Crippen molar-refractivity contribution in [3.63, 3.8) is 0 Å². The molecule has 0 saturated carbocycles. The third-order valence-corrected chi connectivity index (χ3v) is 13.6. The number of aliphatic imine (C=N–C) groups is 1. The van der Waals surface area contributed by atoms with Crippen LogP contribution in [0, 0.1) is 0 Å². The van der Waals surface area contributed by atoms with Gasteiger partial charge in [-0.3, -0.25) is 58.0 Å². The van der Waals surface area contributed by atoms with Crippen LogP contribution in [0.25, 0.3) is 0 Å². The minimum Gasteiger partial charge on any atom is -0.508 e. The second-order valence-corrected chi connectivity index (χ2v) is 20.4. The normalized spacial score (nSPS) is 15.1. The molecule has 7 amide bonds. The summed E-state index contributed by atoms with van der Waals surface area (Å²) >= 11 is 0. The number of nitrogens with zero attached hydrogens (tertiary/aromatic N) is 5. The number of guanidine groups is 1. The molecule has 1 fully saturated rings. The van der Waals surface area contributed by atoms with Crippen LogP contribution in [0.3, 0.4) is 0 Å². The summed E-state index contributed by atoms with van der Waals surface area (Å²) < 4.78 is 0.